The van der Waals surface area contributed by atoms with Crippen LogP contribution in [0, 0.1) is 5.82 Å². The van der Waals surface area contributed by atoms with Crippen LogP contribution in [0.15, 0.2) is 53.1 Å². The first-order valence-corrected chi connectivity index (χ1v) is 8.03. The number of halogens is 2. The summed E-state index contributed by atoms with van der Waals surface area (Å²) in [5.41, 5.74) is 4.48. The number of carbonyl (C=O) groups excluding carboxylic acids is 1. The van der Waals surface area contributed by atoms with Gasteiger partial charge in [-0.05, 0) is 48.5 Å². The Bertz CT molecular complexity index is 976. The first kappa shape index (κ1) is 14.8. The van der Waals surface area contributed by atoms with Crippen molar-refractivity contribution in [1.29, 1.82) is 0 Å². The molecule has 0 radical (unpaired) electrons. The predicted molar refractivity (Wildman–Crippen MR) is 94.6 cm³/mol. The normalized spacial score (nSPS) is 14.8. The van der Waals surface area contributed by atoms with Crippen molar-refractivity contribution in [2.75, 3.05) is 5.32 Å². The number of nitrogens with zero attached hydrogens (tertiary/aromatic N) is 1. The number of rotatable bonds is 2. The highest BCUT2D eigenvalue weighted by molar-refractivity contribution is 9.10. The molecule has 4 nitrogen and oxygen atoms in total. The number of H-pyrrole nitrogens is 1. The molecule has 0 fully saturated rings. The number of hydrogen-bond donors (Lipinski definition) is 2. The van der Waals surface area contributed by atoms with E-state index in [-0.39, 0.29) is 11.7 Å². The highest BCUT2D eigenvalue weighted by atomic mass is 79.9. The third-order valence-electron chi connectivity index (χ3n) is 3.87. The van der Waals surface area contributed by atoms with Gasteiger partial charge in [0.05, 0.1) is 11.9 Å². The second-order valence-electron chi connectivity index (χ2n) is 5.41. The van der Waals surface area contributed by atoms with E-state index in [0.29, 0.717) is 5.57 Å². The summed E-state index contributed by atoms with van der Waals surface area (Å²) in [6, 6.07) is 11.8. The molecule has 24 heavy (non-hydrogen) atoms. The first-order chi connectivity index (χ1) is 11.6. The van der Waals surface area contributed by atoms with Crippen molar-refractivity contribution in [3.05, 3.63) is 70.1 Å². The number of carbonyl (C=O) groups is 1. The van der Waals surface area contributed by atoms with Crippen molar-refractivity contribution in [2.45, 2.75) is 0 Å². The fraction of sp³-hybridized carbons (Fsp3) is 0. The van der Waals surface area contributed by atoms with Crippen LogP contribution in [-0.4, -0.2) is 16.1 Å². The molecule has 0 aliphatic carbocycles. The Balaban J connectivity index is 1.81. The number of aromatic nitrogens is 2. The maximum atomic E-state index is 13.1. The van der Waals surface area contributed by atoms with Crippen molar-refractivity contribution in [3.63, 3.8) is 0 Å². The van der Waals surface area contributed by atoms with Crippen molar-refractivity contribution in [1.82, 2.24) is 10.2 Å². The molecule has 0 spiro atoms. The molecule has 3 aromatic rings. The summed E-state index contributed by atoms with van der Waals surface area (Å²) in [4.78, 5) is 12.3. The number of fused-ring (bicyclic) bond motifs is 1. The Labute approximate surface area is 145 Å². The lowest BCUT2D eigenvalue weighted by Crippen LogP contribution is -2.03. The van der Waals surface area contributed by atoms with E-state index in [1.165, 1.54) is 12.1 Å². The Kier molecular flexibility index (Phi) is 3.54. The second kappa shape index (κ2) is 5.72. The average molecular weight is 384 g/mol. The predicted octanol–water partition coefficient (Wildman–Crippen LogP) is 4.47. The van der Waals surface area contributed by atoms with Crippen LogP contribution in [0.5, 0.6) is 0 Å². The first-order valence-electron chi connectivity index (χ1n) is 7.24. The van der Waals surface area contributed by atoms with Crippen molar-refractivity contribution >= 4 is 39.2 Å². The molecular formula is C18H11BrFN3O. The number of amides is 1. The quantitative estimate of drug-likeness (QED) is 0.641. The molecule has 1 aliphatic rings. The van der Waals surface area contributed by atoms with Gasteiger partial charge in [-0.15, -0.1) is 0 Å². The van der Waals surface area contributed by atoms with Crippen LogP contribution in [0.25, 0.3) is 22.9 Å². The third kappa shape index (κ3) is 2.55. The molecule has 118 valence electrons. The van der Waals surface area contributed by atoms with Gasteiger partial charge in [0.2, 0.25) is 0 Å². The largest absolute Gasteiger partial charge is 0.321 e. The summed E-state index contributed by atoms with van der Waals surface area (Å²) in [6.45, 7) is 0. The van der Waals surface area contributed by atoms with Gasteiger partial charge in [-0.3, -0.25) is 9.89 Å². The molecule has 2 N–H and O–H groups in total. The molecule has 0 saturated carbocycles. The third-order valence-corrected chi connectivity index (χ3v) is 4.36. The Hall–Kier alpha value is -2.73. The summed E-state index contributed by atoms with van der Waals surface area (Å²) in [5, 5.41) is 9.81. The van der Waals surface area contributed by atoms with Crippen LogP contribution in [0.1, 0.15) is 11.1 Å². The molecule has 4 rings (SSSR count). The van der Waals surface area contributed by atoms with Crippen LogP contribution in [-0.2, 0) is 4.79 Å². The summed E-state index contributed by atoms with van der Waals surface area (Å²) in [5.74, 6) is -0.457. The van der Waals surface area contributed by atoms with Crippen LogP contribution in [0.4, 0.5) is 10.1 Å². The SMILES string of the molecule is O=C1Nc2ccc(Br)cc2/C1=C/c1cn[nH]c1-c1ccc(F)cc1. The molecule has 0 unspecified atom stereocenters. The molecule has 1 aromatic heterocycles. The van der Waals surface area contributed by atoms with Crippen molar-refractivity contribution < 1.29 is 9.18 Å². The van der Waals surface area contributed by atoms with E-state index in [9.17, 15) is 9.18 Å². The van der Waals surface area contributed by atoms with Gasteiger partial charge in [-0.1, -0.05) is 15.9 Å². The minimum absolute atomic E-state index is 0.158. The second-order valence-corrected chi connectivity index (χ2v) is 6.32. The number of hydrogen-bond acceptors (Lipinski definition) is 2. The summed E-state index contributed by atoms with van der Waals surface area (Å²) >= 11 is 3.43. The van der Waals surface area contributed by atoms with E-state index >= 15 is 0 Å². The van der Waals surface area contributed by atoms with E-state index in [1.807, 2.05) is 18.2 Å². The van der Waals surface area contributed by atoms with E-state index < -0.39 is 0 Å². The molecule has 0 bridgehead atoms. The standard InChI is InChI=1S/C18H11BrFN3O/c19-12-3-6-16-14(8-12)15(18(24)22-16)7-11-9-21-23-17(11)10-1-4-13(20)5-2-10/h1-9H,(H,21,23)(H,22,24)/b15-7-. The Morgan fingerprint density at radius 3 is 2.71 bits per heavy atom. The zero-order chi connectivity index (χ0) is 16.7. The van der Waals surface area contributed by atoms with Gasteiger partial charge in [0.1, 0.15) is 5.82 Å². The molecule has 2 aromatic carbocycles. The highest BCUT2D eigenvalue weighted by Crippen LogP contribution is 2.36. The summed E-state index contributed by atoms with van der Waals surface area (Å²) in [6.07, 6.45) is 3.44. The number of aromatic amines is 1. The molecule has 1 amide bonds. The Morgan fingerprint density at radius 1 is 1.12 bits per heavy atom. The van der Waals surface area contributed by atoms with Gasteiger partial charge in [0, 0.05) is 32.4 Å². The smallest absolute Gasteiger partial charge is 0.256 e. The van der Waals surface area contributed by atoms with E-state index in [1.54, 1.807) is 24.4 Å². The lowest BCUT2D eigenvalue weighted by molar-refractivity contribution is -0.110. The van der Waals surface area contributed by atoms with Gasteiger partial charge in [0.25, 0.3) is 5.91 Å². The molecule has 2 heterocycles. The fourth-order valence-corrected chi connectivity index (χ4v) is 3.07. The fourth-order valence-electron chi connectivity index (χ4n) is 2.71. The number of benzene rings is 2. The van der Waals surface area contributed by atoms with E-state index in [0.717, 1.165) is 32.5 Å². The maximum Gasteiger partial charge on any atom is 0.256 e. The zero-order valence-electron chi connectivity index (χ0n) is 12.3. The Morgan fingerprint density at radius 2 is 1.92 bits per heavy atom. The summed E-state index contributed by atoms with van der Waals surface area (Å²) < 4.78 is 14.0. The minimum atomic E-state index is -0.299. The summed E-state index contributed by atoms with van der Waals surface area (Å²) in [7, 11) is 0. The highest BCUT2D eigenvalue weighted by Gasteiger charge is 2.24. The molecule has 6 heteroatoms. The van der Waals surface area contributed by atoms with Gasteiger partial charge < -0.3 is 5.32 Å². The van der Waals surface area contributed by atoms with Gasteiger partial charge in [-0.25, -0.2) is 4.39 Å². The van der Waals surface area contributed by atoms with Gasteiger partial charge in [0.15, 0.2) is 0 Å². The minimum Gasteiger partial charge on any atom is -0.321 e. The maximum absolute atomic E-state index is 13.1. The topological polar surface area (TPSA) is 57.8 Å². The van der Waals surface area contributed by atoms with Crippen LogP contribution < -0.4 is 5.32 Å². The molecular weight excluding hydrogens is 373 g/mol. The average Bonchev–Trinajstić information content (AvgIpc) is 3.14. The molecule has 0 atom stereocenters. The van der Waals surface area contributed by atoms with Gasteiger partial charge in [-0.2, -0.15) is 5.10 Å². The number of anilines is 1. The van der Waals surface area contributed by atoms with E-state index in [2.05, 4.69) is 31.4 Å². The van der Waals surface area contributed by atoms with Crippen LogP contribution in [0.2, 0.25) is 0 Å². The van der Waals surface area contributed by atoms with Crippen LogP contribution in [0.3, 0.4) is 0 Å². The molecule has 1 aliphatic heterocycles. The van der Waals surface area contributed by atoms with Crippen molar-refractivity contribution in [3.8, 4) is 11.3 Å². The van der Waals surface area contributed by atoms with E-state index in [4.69, 9.17) is 0 Å². The monoisotopic (exact) mass is 383 g/mol. The zero-order valence-corrected chi connectivity index (χ0v) is 13.9. The molecule has 0 saturated heterocycles. The van der Waals surface area contributed by atoms with Crippen molar-refractivity contribution in [2.24, 2.45) is 0 Å². The lowest BCUT2D eigenvalue weighted by Gasteiger charge is -2.02. The number of nitrogens with one attached hydrogen (secondary N) is 2. The van der Waals surface area contributed by atoms with Gasteiger partial charge >= 0.3 is 0 Å². The van der Waals surface area contributed by atoms with Crippen LogP contribution >= 0.6 is 15.9 Å². The lowest BCUT2D eigenvalue weighted by atomic mass is 10.0.